The molecule has 0 spiro atoms. The van der Waals surface area contributed by atoms with Crippen molar-refractivity contribution in [3.8, 4) is 0 Å². The summed E-state index contributed by atoms with van der Waals surface area (Å²) in [6.45, 7) is 11.4. The summed E-state index contributed by atoms with van der Waals surface area (Å²) >= 11 is 0. The predicted octanol–water partition coefficient (Wildman–Crippen LogP) is 0.572. The number of nitrogens with zero attached hydrogens (tertiary/aromatic N) is 2. The molecule has 4 nitrogen and oxygen atoms in total. The van der Waals surface area contributed by atoms with E-state index in [9.17, 15) is 4.79 Å². The molecule has 2 heterocycles. The van der Waals surface area contributed by atoms with Crippen molar-refractivity contribution in [1.29, 1.82) is 0 Å². The van der Waals surface area contributed by atoms with E-state index in [2.05, 4.69) is 17.1 Å². The average molecular weight is 262 g/mol. The van der Waals surface area contributed by atoms with Gasteiger partial charge >= 0.3 is 0 Å². The highest BCUT2D eigenvalue weighted by Crippen LogP contribution is 2.26. The summed E-state index contributed by atoms with van der Waals surface area (Å²) in [5.41, 5.74) is 0.443. The molecule has 2 rings (SSSR count). The van der Waals surface area contributed by atoms with Gasteiger partial charge in [-0.1, -0.05) is 6.92 Å². The van der Waals surface area contributed by atoms with Crippen LogP contribution in [0.1, 0.15) is 20.3 Å². The van der Waals surface area contributed by atoms with Crippen LogP contribution in [0.5, 0.6) is 0 Å². The summed E-state index contributed by atoms with van der Waals surface area (Å²) in [6, 6.07) is 0. The van der Waals surface area contributed by atoms with Gasteiger partial charge in [-0.25, -0.2) is 0 Å². The third-order valence-corrected chi connectivity index (χ3v) is 3.88. The number of hydrogen-bond acceptors (Lipinski definition) is 3. The van der Waals surface area contributed by atoms with Crippen LogP contribution in [-0.2, 0) is 4.79 Å². The van der Waals surface area contributed by atoms with Crippen molar-refractivity contribution < 1.29 is 4.79 Å². The molecule has 17 heavy (non-hydrogen) atoms. The van der Waals surface area contributed by atoms with Crippen molar-refractivity contribution in [3.05, 3.63) is 0 Å². The van der Waals surface area contributed by atoms with Crippen LogP contribution in [0, 0.1) is 5.41 Å². The molecule has 0 aliphatic carbocycles. The van der Waals surface area contributed by atoms with Gasteiger partial charge in [0.25, 0.3) is 0 Å². The van der Waals surface area contributed by atoms with E-state index in [0.717, 1.165) is 39.3 Å². The first kappa shape index (κ1) is 14.7. The number of carbonyl (C=O) groups excluding carboxylic acids is 1. The van der Waals surface area contributed by atoms with Gasteiger partial charge in [0, 0.05) is 46.2 Å². The summed E-state index contributed by atoms with van der Waals surface area (Å²) in [5, 5.41) is 3.44. The van der Waals surface area contributed by atoms with E-state index in [1.165, 1.54) is 13.0 Å². The van der Waals surface area contributed by atoms with Gasteiger partial charge in [-0.2, -0.15) is 0 Å². The zero-order valence-corrected chi connectivity index (χ0v) is 11.7. The molecule has 2 aliphatic rings. The van der Waals surface area contributed by atoms with E-state index >= 15 is 0 Å². The van der Waals surface area contributed by atoms with Gasteiger partial charge in [0.05, 0.1) is 0 Å². The van der Waals surface area contributed by atoms with Crippen LogP contribution >= 0.6 is 12.4 Å². The number of halogens is 1. The highest BCUT2D eigenvalue weighted by Gasteiger charge is 2.31. The SMILES string of the molecule is CC(=O)N1CCN(CC2(C)CCNC2)CC1.Cl. The minimum Gasteiger partial charge on any atom is -0.340 e. The molecule has 0 saturated carbocycles. The summed E-state index contributed by atoms with van der Waals surface area (Å²) in [4.78, 5) is 15.7. The highest BCUT2D eigenvalue weighted by molar-refractivity contribution is 5.85. The first-order valence-electron chi connectivity index (χ1n) is 6.28. The van der Waals surface area contributed by atoms with Crippen molar-refractivity contribution in [2.75, 3.05) is 45.8 Å². The Bertz CT molecular complexity index is 258. The molecule has 1 atom stereocenters. The molecule has 1 N–H and O–H groups in total. The van der Waals surface area contributed by atoms with Crippen molar-refractivity contribution in [2.24, 2.45) is 5.41 Å². The zero-order chi connectivity index (χ0) is 11.6. The van der Waals surface area contributed by atoms with Gasteiger partial charge < -0.3 is 10.2 Å². The smallest absolute Gasteiger partial charge is 0.219 e. The molecule has 2 saturated heterocycles. The van der Waals surface area contributed by atoms with Crippen molar-refractivity contribution >= 4 is 18.3 Å². The number of amides is 1. The van der Waals surface area contributed by atoms with Crippen LogP contribution < -0.4 is 5.32 Å². The molecule has 2 fully saturated rings. The summed E-state index contributed by atoms with van der Waals surface area (Å²) in [5.74, 6) is 0.216. The second kappa shape index (κ2) is 6.03. The maximum absolute atomic E-state index is 11.2. The van der Waals surface area contributed by atoms with E-state index in [-0.39, 0.29) is 18.3 Å². The molecular formula is C12H24ClN3O. The van der Waals surface area contributed by atoms with Crippen LogP contribution in [0.25, 0.3) is 0 Å². The van der Waals surface area contributed by atoms with Crippen molar-refractivity contribution in [1.82, 2.24) is 15.1 Å². The maximum Gasteiger partial charge on any atom is 0.219 e. The minimum atomic E-state index is 0. The van der Waals surface area contributed by atoms with Gasteiger partial charge in [-0.3, -0.25) is 9.69 Å². The molecule has 0 aromatic carbocycles. The molecule has 0 aromatic heterocycles. The topological polar surface area (TPSA) is 35.6 Å². The molecule has 0 bridgehead atoms. The molecule has 5 heteroatoms. The Morgan fingerprint density at radius 1 is 1.29 bits per heavy atom. The highest BCUT2D eigenvalue weighted by atomic mass is 35.5. The van der Waals surface area contributed by atoms with E-state index in [1.54, 1.807) is 6.92 Å². The fourth-order valence-electron chi connectivity index (χ4n) is 2.76. The Morgan fingerprint density at radius 3 is 2.41 bits per heavy atom. The lowest BCUT2D eigenvalue weighted by Crippen LogP contribution is -2.50. The van der Waals surface area contributed by atoms with E-state index in [4.69, 9.17) is 0 Å². The number of hydrogen-bond donors (Lipinski definition) is 1. The number of nitrogens with one attached hydrogen (secondary N) is 1. The monoisotopic (exact) mass is 261 g/mol. The van der Waals surface area contributed by atoms with Crippen LogP contribution in [0.2, 0.25) is 0 Å². The molecule has 0 aromatic rings. The first-order valence-corrected chi connectivity index (χ1v) is 6.28. The Balaban J connectivity index is 0.00000144. The van der Waals surface area contributed by atoms with Gasteiger partial charge in [-0.05, 0) is 18.4 Å². The van der Waals surface area contributed by atoms with Crippen molar-refractivity contribution in [3.63, 3.8) is 0 Å². The predicted molar refractivity (Wildman–Crippen MR) is 71.5 cm³/mol. The molecule has 2 aliphatic heterocycles. The van der Waals surface area contributed by atoms with E-state index < -0.39 is 0 Å². The standard InChI is InChI=1S/C12H23N3O.ClH/c1-11(16)15-7-5-14(6-8-15)10-12(2)3-4-13-9-12;/h13H,3-10H2,1-2H3;1H. The fraction of sp³-hybridized carbons (Fsp3) is 0.917. The van der Waals surface area contributed by atoms with E-state index in [1.807, 2.05) is 4.90 Å². The average Bonchev–Trinajstić information content (AvgIpc) is 2.65. The van der Waals surface area contributed by atoms with Gasteiger partial charge in [-0.15, -0.1) is 12.4 Å². The summed E-state index contributed by atoms with van der Waals surface area (Å²) in [7, 11) is 0. The van der Waals surface area contributed by atoms with Crippen LogP contribution in [-0.4, -0.2) is 61.5 Å². The quantitative estimate of drug-likeness (QED) is 0.790. The third kappa shape index (κ3) is 3.83. The summed E-state index contributed by atoms with van der Waals surface area (Å²) in [6.07, 6.45) is 1.28. The summed E-state index contributed by atoms with van der Waals surface area (Å²) < 4.78 is 0. The van der Waals surface area contributed by atoms with E-state index in [0.29, 0.717) is 5.41 Å². The van der Waals surface area contributed by atoms with Crippen LogP contribution in [0.4, 0.5) is 0 Å². The zero-order valence-electron chi connectivity index (χ0n) is 10.9. The van der Waals surface area contributed by atoms with Gasteiger partial charge in [0.2, 0.25) is 5.91 Å². The second-order valence-electron chi connectivity index (χ2n) is 5.52. The number of carbonyl (C=O) groups is 1. The van der Waals surface area contributed by atoms with Crippen molar-refractivity contribution in [2.45, 2.75) is 20.3 Å². The Hall–Kier alpha value is -0.320. The molecule has 1 amide bonds. The molecule has 100 valence electrons. The second-order valence-corrected chi connectivity index (χ2v) is 5.52. The maximum atomic E-state index is 11.2. The lowest BCUT2D eigenvalue weighted by Gasteiger charge is -2.38. The largest absolute Gasteiger partial charge is 0.340 e. The number of rotatable bonds is 2. The fourth-order valence-corrected chi connectivity index (χ4v) is 2.76. The lowest BCUT2D eigenvalue weighted by molar-refractivity contribution is -0.130. The number of piperazine rings is 1. The molecule has 0 radical (unpaired) electrons. The van der Waals surface area contributed by atoms with Crippen LogP contribution in [0.15, 0.2) is 0 Å². The lowest BCUT2D eigenvalue weighted by atomic mass is 9.89. The third-order valence-electron chi connectivity index (χ3n) is 3.88. The minimum absolute atomic E-state index is 0. The van der Waals surface area contributed by atoms with Gasteiger partial charge in [0.1, 0.15) is 0 Å². The molecular weight excluding hydrogens is 238 g/mol. The normalized spacial score (nSPS) is 30.1. The first-order chi connectivity index (χ1) is 7.59. The Labute approximate surface area is 110 Å². The van der Waals surface area contributed by atoms with Crippen LogP contribution in [0.3, 0.4) is 0 Å². The molecule has 1 unspecified atom stereocenters. The Morgan fingerprint density at radius 2 is 1.94 bits per heavy atom. The Kier molecular flexibility index (Phi) is 5.22. The van der Waals surface area contributed by atoms with Gasteiger partial charge in [0.15, 0.2) is 0 Å².